The van der Waals surface area contributed by atoms with Gasteiger partial charge >= 0.3 is 0 Å². The normalized spacial score (nSPS) is 10.8. The summed E-state index contributed by atoms with van der Waals surface area (Å²) in [5.41, 5.74) is 0.868. The molecule has 0 saturated heterocycles. The summed E-state index contributed by atoms with van der Waals surface area (Å²) in [6, 6.07) is 4.90. The zero-order chi connectivity index (χ0) is 15.4. The van der Waals surface area contributed by atoms with Crippen molar-refractivity contribution in [1.82, 2.24) is 14.9 Å². The maximum atomic E-state index is 12.0. The Kier molecular flexibility index (Phi) is 4.87. The minimum absolute atomic E-state index is 0.180. The molecular weight excluding hydrogens is 290 g/mol. The van der Waals surface area contributed by atoms with E-state index in [-0.39, 0.29) is 11.5 Å². The lowest BCUT2D eigenvalue weighted by molar-refractivity contribution is 0.0948. The van der Waals surface area contributed by atoms with E-state index in [2.05, 4.69) is 10.3 Å². The van der Waals surface area contributed by atoms with Crippen LogP contribution in [-0.4, -0.2) is 35.7 Å². The quantitative estimate of drug-likeness (QED) is 0.646. The highest BCUT2D eigenvalue weighted by Crippen LogP contribution is 2.10. The second kappa shape index (κ2) is 6.64. The molecule has 0 unspecified atom stereocenters. The van der Waals surface area contributed by atoms with E-state index in [1.165, 1.54) is 4.57 Å². The topological polar surface area (TPSA) is 76.1 Å². The standard InChI is InChI=1S/C14H17N3O3S/c1-17-13(19)10-5-4-9(8-11(10)16-14(17)21)12(18)15-6-3-7-20-2/h4-5,8H,3,6-7H2,1-2H3,(H,15,18)(H,16,21). The summed E-state index contributed by atoms with van der Waals surface area (Å²) in [6.45, 7) is 1.14. The number of ether oxygens (including phenoxy) is 1. The highest BCUT2D eigenvalue weighted by Gasteiger charge is 2.08. The summed E-state index contributed by atoms with van der Waals surface area (Å²) in [5.74, 6) is -0.187. The van der Waals surface area contributed by atoms with Gasteiger partial charge in [0.15, 0.2) is 4.77 Å². The Morgan fingerprint density at radius 3 is 2.95 bits per heavy atom. The van der Waals surface area contributed by atoms with Gasteiger partial charge in [-0.1, -0.05) is 0 Å². The van der Waals surface area contributed by atoms with E-state index in [0.717, 1.165) is 6.42 Å². The number of benzene rings is 1. The molecule has 1 aromatic heterocycles. The average Bonchev–Trinajstić information content (AvgIpc) is 2.48. The number of nitrogens with one attached hydrogen (secondary N) is 2. The van der Waals surface area contributed by atoms with Gasteiger partial charge in [-0.05, 0) is 36.8 Å². The molecule has 1 aromatic carbocycles. The molecule has 112 valence electrons. The maximum absolute atomic E-state index is 12.0. The van der Waals surface area contributed by atoms with E-state index >= 15 is 0 Å². The number of hydrogen-bond donors (Lipinski definition) is 2. The van der Waals surface area contributed by atoms with Crippen LogP contribution >= 0.6 is 12.2 Å². The van der Waals surface area contributed by atoms with Crippen LogP contribution < -0.4 is 10.9 Å². The number of carbonyl (C=O) groups is 1. The minimum Gasteiger partial charge on any atom is -0.385 e. The Hall–Kier alpha value is -1.99. The predicted molar refractivity (Wildman–Crippen MR) is 83.2 cm³/mol. The lowest BCUT2D eigenvalue weighted by atomic mass is 10.1. The van der Waals surface area contributed by atoms with Crippen LogP contribution in [0.5, 0.6) is 0 Å². The smallest absolute Gasteiger partial charge is 0.261 e. The fourth-order valence-corrected chi connectivity index (χ4v) is 2.16. The lowest BCUT2D eigenvalue weighted by Crippen LogP contribution is -2.25. The molecule has 21 heavy (non-hydrogen) atoms. The van der Waals surface area contributed by atoms with Gasteiger partial charge < -0.3 is 15.0 Å². The van der Waals surface area contributed by atoms with Crippen molar-refractivity contribution in [3.8, 4) is 0 Å². The second-order valence-corrected chi connectivity index (χ2v) is 5.04. The van der Waals surface area contributed by atoms with Gasteiger partial charge in [-0.15, -0.1) is 0 Å². The number of amides is 1. The van der Waals surface area contributed by atoms with Crippen LogP contribution in [0.2, 0.25) is 0 Å². The van der Waals surface area contributed by atoms with Crippen LogP contribution in [0, 0.1) is 4.77 Å². The Balaban J connectivity index is 2.27. The number of rotatable bonds is 5. The molecule has 0 aliphatic heterocycles. The summed E-state index contributed by atoms with van der Waals surface area (Å²) < 4.78 is 6.61. The van der Waals surface area contributed by atoms with Gasteiger partial charge in [0.1, 0.15) is 0 Å². The first-order valence-electron chi connectivity index (χ1n) is 6.55. The van der Waals surface area contributed by atoms with Gasteiger partial charge in [-0.3, -0.25) is 14.2 Å². The van der Waals surface area contributed by atoms with E-state index in [4.69, 9.17) is 17.0 Å². The first kappa shape index (κ1) is 15.4. The molecule has 0 bridgehead atoms. The van der Waals surface area contributed by atoms with Crippen LogP contribution in [0.4, 0.5) is 0 Å². The van der Waals surface area contributed by atoms with E-state index in [1.54, 1.807) is 32.4 Å². The third kappa shape index (κ3) is 3.37. The number of aromatic nitrogens is 2. The molecule has 0 saturated carbocycles. The van der Waals surface area contributed by atoms with Crippen LogP contribution in [0.3, 0.4) is 0 Å². The van der Waals surface area contributed by atoms with Crippen LogP contribution in [-0.2, 0) is 11.8 Å². The molecule has 0 aliphatic rings. The Morgan fingerprint density at radius 1 is 1.48 bits per heavy atom. The van der Waals surface area contributed by atoms with Gasteiger partial charge in [0.25, 0.3) is 11.5 Å². The van der Waals surface area contributed by atoms with Crippen molar-refractivity contribution >= 4 is 29.0 Å². The number of nitrogens with zero attached hydrogens (tertiary/aromatic N) is 1. The lowest BCUT2D eigenvalue weighted by Gasteiger charge is -2.07. The molecule has 1 heterocycles. The molecule has 0 atom stereocenters. The van der Waals surface area contributed by atoms with E-state index in [0.29, 0.717) is 34.4 Å². The molecule has 0 fully saturated rings. The number of H-pyrrole nitrogens is 1. The Labute approximate surface area is 126 Å². The van der Waals surface area contributed by atoms with Gasteiger partial charge in [-0.2, -0.15) is 0 Å². The monoisotopic (exact) mass is 307 g/mol. The Bertz CT molecular complexity index is 779. The van der Waals surface area contributed by atoms with Gasteiger partial charge in [0, 0.05) is 32.9 Å². The van der Waals surface area contributed by atoms with Gasteiger partial charge in [0.05, 0.1) is 10.9 Å². The number of fused-ring (bicyclic) bond motifs is 1. The van der Waals surface area contributed by atoms with Crippen LogP contribution in [0.25, 0.3) is 10.9 Å². The molecule has 6 nitrogen and oxygen atoms in total. The Morgan fingerprint density at radius 2 is 2.24 bits per heavy atom. The predicted octanol–water partition coefficient (Wildman–Crippen LogP) is 1.36. The second-order valence-electron chi connectivity index (χ2n) is 4.66. The highest BCUT2D eigenvalue weighted by atomic mass is 32.1. The number of methoxy groups -OCH3 is 1. The van der Waals surface area contributed by atoms with Crippen molar-refractivity contribution in [2.75, 3.05) is 20.3 Å². The maximum Gasteiger partial charge on any atom is 0.261 e. The summed E-state index contributed by atoms with van der Waals surface area (Å²) in [5, 5.41) is 3.30. The first-order valence-corrected chi connectivity index (χ1v) is 6.95. The van der Waals surface area contributed by atoms with E-state index < -0.39 is 0 Å². The number of hydrogen-bond acceptors (Lipinski definition) is 4. The molecule has 1 amide bonds. The molecule has 0 spiro atoms. The third-order valence-corrected chi connectivity index (χ3v) is 3.55. The molecule has 2 aromatic rings. The fourth-order valence-electron chi connectivity index (χ4n) is 1.97. The zero-order valence-corrected chi connectivity index (χ0v) is 12.8. The number of aromatic amines is 1. The van der Waals surface area contributed by atoms with Crippen molar-refractivity contribution < 1.29 is 9.53 Å². The van der Waals surface area contributed by atoms with Crippen molar-refractivity contribution in [2.24, 2.45) is 7.05 Å². The molecule has 2 N–H and O–H groups in total. The summed E-state index contributed by atoms with van der Waals surface area (Å²) in [4.78, 5) is 27.0. The van der Waals surface area contributed by atoms with Crippen molar-refractivity contribution in [3.63, 3.8) is 0 Å². The minimum atomic E-state index is -0.187. The average molecular weight is 307 g/mol. The van der Waals surface area contributed by atoms with E-state index in [1.807, 2.05) is 0 Å². The summed E-state index contributed by atoms with van der Waals surface area (Å²) in [7, 11) is 3.23. The summed E-state index contributed by atoms with van der Waals surface area (Å²) in [6.07, 6.45) is 0.749. The molecule has 0 aliphatic carbocycles. The van der Waals surface area contributed by atoms with Crippen molar-refractivity contribution in [1.29, 1.82) is 0 Å². The molecular formula is C14H17N3O3S. The largest absolute Gasteiger partial charge is 0.385 e. The van der Waals surface area contributed by atoms with Crippen molar-refractivity contribution in [2.45, 2.75) is 6.42 Å². The molecule has 0 radical (unpaired) electrons. The zero-order valence-electron chi connectivity index (χ0n) is 11.9. The molecule has 2 rings (SSSR count). The van der Waals surface area contributed by atoms with Crippen molar-refractivity contribution in [3.05, 3.63) is 38.9 Å². The number of carbonyl (C=O) groups excluding carboxylic acids is 1. The van der Waals surface area contributed by atoms with Crippen LogP contribution in [0.15, 0.2) is 23.0 Å². The first-order chi connectivity index (χ1) is 10.0. The third-order valence-electron chi connectivity index (χ3n) is 3.17. The summed E-state index contributed by atoms with van der Waals surface area (Å²) >= 11 is 5.07. The highest BCUT2D eigenvalue weighted by molar-refractivity contribution is 7.71. The fraction of sp³-hybridized carbons (Fsp3) is 0.357. The molecule has 7 heteroatoms. The van der Waals surface area contributed by atoms with Gasteiger partial charge in [-0.25, -0.2) is 0 Å². The van der Waals surface area contributed by atoms with E-state index in [9.17, 15) is 9.59 Å². The van der Waals surface area contributed by atoms with Gasteiger partial charge in [0.2, 0.25) is 0 Å². The SMILES string of the molecule is COCCCNC(=O)c1ccc2c(=O)n(C)c(=S)[nH]c2c1. The van der Waals surface area contributed by atoms with Crippen LogP contribution in [0.1, 0.15) is 16.8 Å².